The largest absolute Gasteiger partial charge is 0.465 e. The number of hydrogen-bond donors (Lipinski definition) is 0. The third-order valence-corrected chi connectivity index (χ3v) is 0.915. The fraction of sp³-hybridized carbons (Fsp3) is 0.667. The van der Waals surface area contributed by atoms with Crippen molar-refractivity contribution >= 4 is 11.9 Å². The van der Waals surface area contributed by atoms with Crippen LogP contribution < -0.4 is 0 Å². The van der Waals surface area contributed by atoms with E-state index in [1.165, 1.54) is 0 Å². The van der Waals surface area contributed by atoms with Gasteiger partial charge in [-0.25, -0.2) is 0 Å². The van der Waals surface area contributed by atoms with E-state index in [1.807, 2.05) is 0 Å². The van der Waals surface area contributed by atoms with Crippen LogP contribution in [0.5, 0.6) is 0 Å². The van der Waals surface area contributed by atoms with Crippen LogP contribution in [0.15, 0.2) is 0 Å². The number of esters is 1. The van der Waals surface area contributed by atoms with Gasteiger partial charge in [0.15, 0.2) is 6.54 Å². The van der Waals surface area contributed by atoms with Gasteiger partial charge in [0.2, 0.25) is 5.91 Å². The molecule has 64 valence electrons. The lowest BCUT2D eigenvalue weighted by Crippen LogP contribution is -2.27. The molecule has 0 atom stereocenters. The molecule has 0 aliphatic rings. The molecule has 0 saturated heterocycles. The molecule has 11 heavy (non-hydrogen) atoms. The molecule has 0 heterocycles. The van der Waals surface area contributed by atoms with Crippen molar-refractivity contribution in [2.24, 2.45) is 0 Å². The van der Waals surface area contributed by atoms with Gasteiger partial charge in [0.1, 0.15) is 0 Å². The first-order chi connectivity index (χ1) is 5.07. The quantitative estimate of drug-likeness (QED) is 0.443. The first kappa shape index (κ1) is 9.87. The lowest BCUT2D eigenvalue weighted by Gasteiger charge is -2.07. The molecule has 0 spiro atoms. The summed E-state index contributed by atoms with van der Waals surface area (Å²) in [5.41, 5.74) is 0. The van der Waals surface area contributed by atoms with Gasteiger partial charge in [-0.15, -0.1) is 0 Å². The van der Waals surface area contributed by atoms with Gasteiger partial charge in [-0.1, -0.05) is 4.48 Å². The second-order valence-electron chi connectivity index (χ2n) is 1.84. The van der Waals surface area contributed by atoms with Crippen molar-refractivity contribution < 1.29 is 18.8 Å². The van der Waals surface area contributed by atoms with E-state index in [4.69, 9.17) is 0 Å². The fourth-order valence-electron chi connectivity index (χ4n) is 0.431. The lowest BCUT2D eigenvalue weighted by atomic mass is 10.6. The van der Waals surface area contributed by atoms with Crippen LogP contribution in [0.25, 0.3) is 0 Å². The molecule has 0 radical (unpaired) electrons. The number of carbonyl (C=O) groups is 2. The Morgan fingerprint density at radius 2 is 2.09 bits per heavy atom. The molecule has 0 N–H and O–H groups in total. The van der Waals surface area contributed by atoms with E-state index < -0.39 is 18.4 Å². The number of rotatable bonds is 3. The van der Waals surface area contributed by atoms with Crippen molar-refractivity contribution in [1.82, 2.24) is 5.12 Å². The summed E-state index contributed by atoms with van der Waals surface area (Å²) >= 11 is 0. The minimum atomic E-state index is -0.807. The van der Waals surface area contributed by atoms with Crippen LogP contribution in [0.4, 0.5) is 4.48 Å². The summed E-state index contributed by atoms with van der Waals surface area (Å²) in [6, 6.07) is 0. The molecule has 0 aliphatic carbocycles. The highest BCUT2D eigenvalue weighted by Crippen LogP contribution is 1.90. The molecule has 0 aromatic rings. The fourth-order valence-corrected chi connectivity index (χ4v) is 0.431. The van der Waals surface area contributed by atoms with Crippen LogP contribution in [-0.4, -0.2) is 30.2 Å². The zero-order chi connectivity index (χ0) is 8.85. The first-order valence-electron chi connectivity index (χ1n) is 3.17. The first-order valence-corrected chi connectivity index (χ1v) is 3.17. The van der Waals surface area contributed by atoms with E-state index in [2.05, 4.69) is 4.74 Å². The molecule has 0 rings (SSSR count). The number of carbonyl (C=O) groups excluding carboxylic acids is 2. The SMILES string of the molecule is CCOC(=O)CN(F)C(C)=O. The maximum atomic E-state index is 12.3. The van der Waals surface area contributed by atoms with Crippen LogP contribution in [0.1, 0.15) is 13.8 Å². The average Bonchev–Trinajstić information content (AvgIpc) is 1.87. The predicted octanol–water partition coefficient (Wildman–Crippen LogP) is 0.282. The van der Waals surface area contributed by atoms with Crippen LogP contribution in [0.3, 0.4) is 0 Å². The Labute approximate surface area is 63.9 Å². The second kappa shape index (κ2) is 4.65. The second-order valence-corrected chi connectivity index (χ2v) is 1.84. The van der Waals surface area contributed by atoms with Gasteiger partial charge in [-0.2, -0.15) is 5.12 Å². The molecule has 0 unspecified atom stereocenters. The normalized spacial score (nSPS) is 9.00. The maximum Gasteiger partial charge on any atom is 0.328 e. The summed E-state index contributed by atoms with van der Waals surface area (Å²) in [4.78, 5) is 20.7. The summed E-state index contributed by atoms with van der Waals surface area (Å²) in [7, 11) is 0. The third kappa shape index (κ3) is 4.30. The van der Waals surface area contributed by atoms with Gasteiger partial charge in [0, 0.05) is 6.92 Å². The molecule has 1 amide bonds. The minimum Gasteiger partial charge on any atom is -0.465 e. The summed E-state index contributed by atoms with van der Waals surface area (Å²) in [5.74, 6) is -1.55. The number of ether oxygens (including phenoxy) is 1. The van der Waals surface area contributed by atoms with E-state index in [9.17, 15) is 14.1 Å². The summed E-state index contributed by atoms with van der Waals surface area (Å²) in [6.07, 6.45) is 0. The highest BCUT2D eigenvalue weighted by atomic mass is 19.2. The number of hydrogen-bond acceptors (Lipinski definition) is 3. The monoisotopic (exact) mass is 163 g/mol. The van der Waals surface area contributed by atoms with E-state index in [1.54, 1.807) is 6.92 Å². The smallest absolute Gasteiger partial charge is 0.328 e. The number of halogens is 1. The molecule has 0 fully saturated rings. The Hall–Kier alpha value is -1.13. The van der Waals surface area contributed by atoms with Crippen molar-refractivity contribution in [2.75, 3.05) is 13.2 Å². The molecule has 4 nitrogen and oxygen atoms in total. The summed E-state index contributed by atoms with van der Waals surface area (Å²) in [6.45, 7) is 2.18. The van der Waals surface area contributed by atoms with Crippen LogP contribution >= 0.6 is 0 Å². The molecule has 0 aliphatic heterocycles. The lowest BCUT2D eigenvalue weighted by molar-refractivity contribution is -0.158. The molecular weight excluding hydrogens is 153 g/mol. The summed E-state index contributed by atoms with van der Waals surface area (Å²) in [5, 5.41) is -0.196. The molecule has 0 aromatic heterocycles. The topological polar surface area (TPSA) is 46.6 Å². The van der Waals surface area contributed by atoms with Crippen molar-refractivity contribution in [3.8, 4) is 0 Å². The Morgan fingerprint density at radius 1 is 1.55 bits per heavy atom. The molecule has 0 aromatic carbocycles. The van der Waals surface area contributed by atoms with Crippen LogP contribution in [-0.2, 0) is 14.3 Å². The Bertz CT molecular complexity index is 160. The van der Waals surface area contributed by atoms with Crippen molar-refractivity contribution in [2.45, 2.75) is 13.8 Å². The van der Waals surface area contributed by atoms with Gasteiger partial charge >= 0.3 is 5.97 Å². The van der Waals surface area contributed by atoms with E-state index in [-0.39, 0.29) is 11.7 Å². The van der Waals surface area contributed by atoms with Gasteiger partial charge in [-0.05, 0) is 6.92 Å². The molecular formula is C6H10FNO3. The summed E-state index contributed by atoms with van der Waals surface area (Å²) < 4.78 is 16.7. The van der Waals surface area contributed by atoms with Crippen molar-refractivity contribution in [3.05, 3.63) is 0 Å². The molecule has 0 bridgehead atoms. The standard InChI is InChI=1S/C6H10FNO3/c1-3-11-6(10)4-8(7)5(2)9/h3-4H2,1-2H3. The van der Waals surface area contributed by atoms with Crippen molar-refractivity contribution in [3.63, 3.8) is 0 Å². The highest BCUT2D eigenvalue weighted by Gasteiger charge is 2.12. The molecule has 0 saturated carbocycles. The Kier molecular flexibility index (Phi) is 4.17. The van der Waals surface area contributed by atoms with E-state index >= 15 is 0 Å². The van der Waals surface area contributed by atoms with Gasteiger partial charge in [-0.3, -0.25) is 9.59 Å². The third-order valence-electron chi connectivity index (χ3n) is 0.915. The number of amides is 1. The zero-order valence-electron chi connectivity index (χ0n) is 6.46. The maximum absolute atomic E-state index is 12.3. The predicted molar refractivity (Wildman–Crippen MR) is 35.1 cm³/mol. The van der Waals surface area contributed by atoms with Crippen LogP contribution in [0, 0.1) is 0 Å². The Morgan fingerprint density at radius 3 is 2.45 bits per heavy atom. The molecule has 5 heteroatoms. The van der Waals surface area contributed by atoms with Gasteiger partial charge in [0.25, 0.3) is 0 Å². The van der Waals surface area contributed by atoms with E-state index in [0.717, 1.165) is 6.92 Å². The van der Waals surface area contributed by atoms with Gasteiger partial charge < -0.3 is 4.74 Å². The minimum absolute atomic E-state index is 0.185. The zero-order valence-corrected chi connectivity index (χ0v) is 6.46. The number of nitrogens with zero attached hydrogens (tertiary/aromatic N) is 1. The Balaban J connectivity index is 3.66. The highest BCUT2D eigenvalue weighted by molar-refractivity contribution is 5.79. The van der Waals surface area contributed by atoms with Crippen LogP contribution in [0.2, 0.25) is 0 Å². The van der Waals surface area contributed by atoms with Crippen molar-refractivity contribution in [1.29, 1.82) is 0 Å². The average molecular weight is 163 g/mol. The van der Waals surface area contributed by atoms with E-state index in [0.29, 0.717) is 0 Å². The van der Waals surface area contributed by atoms with Gasteiger partial charge in [0.05, 0.1) is 6.61 Å².